The molecule has 0 saturated heterocycles. The monoisotopic (exact) mass is 141 g/mol. The number of nitroso groups, excluding NO2 is 1. The van der Waals surface area contributed by atoms with Crippen LogP contribution in [0.3, 0.4) is 0 Å². The van der Waals surface area contributed by atoms with Crippen molar-refractivity contribution < 1.29 is 9.26 Å². The number of nitrogens with zero attached hydrogens (tertiary/aromatic N) is 1. The molecule has 10 heavy (non-hydrogen) atoms. The molecule has 0 unspecified atom stereocenters. The quantitative estimate of drug-likeness (QED) is 0.361. The molecule has 0 aliphatic rings. The fraction of sp³-hybridized carbons (Fsp3) is 0. The summed E-state index contributed by atoms with van der Waals surface area (Å²) in [5.41, 5.74) is 0.111. The maximum absolute atomic E-state index is 12.3. The van der Waals surface area contributed by atoms with E-state index in [0.29, 0.717) is 0 Å². The SMILES string of the molecule is N[N+](=O)c1cccc(F)c1. The van der Waals surface area contributed by atoms with E-state index in [1.165, 1.54) is 18.2 Å². The average molecular weight is 141 g/mol. The molecule has 2 N–H and O–H groups in total. The Kier molecular flexibility index (Phi) is 1.62. The van der Waals surface area contributed by atoms with Gasteiger partial charge in [0.1, 0.15) is 5.82 Å². The van der Waals surface area contributed by atoms with Gasteiger partial charge in [0.25, 0.3) is 5.69 Å². The summed E-state index contributed by atoms with van der Waals surface area (Å²) in [6, 6.07) is 5.15. The molecule has 1 aromatic carbocycles. The molecule has 1 aromatic rings. The molecule has 0 heterocycles. The number of hydrogen-bond donors (Lipinski definition) is 1. The first kappa shape index (κ1) is 6.67. The van der Waals surface area contributed by atoms with E-state index >= 15 is 0 Å². The van der Waals surface area contributed by atoms with Crippen LogP contribution in [0.4, 0.5) is 10.1 Å². The summed E-state index contributed by atoms with van der Waals surface area (Å²) >= 11 is 0. The molecule has 3 nitrogen and oxygen atoms in total. The van der Waals surface area contributed by atoms with Crippen molar-refractivity contribution in [3.05, 3.63) is 35.0 Å². The topological polar surface area (TPSA) is 46.1 Å². The summed E-state index contributed by atoms with van der Waals surface area (Å²) in [6.07, 6.45) is 0. The van der Waals surface area contributed by atoms with Crippen LogP contribution in [0.15, 0.2) is 24.3 Å². The molecule has 0 bridgehead atoms. The third kappa shape index (κ3) is 1.28. The van der Waals surface area contributed by atoms with E-state index in [2.05, 4.69) is 0 Å². The van der Waals surface area contributed by atoms with Crippen LogP contribution in [0.2, 0.25) is 0 Å². The zero-order valence-corrected chi connectivity index (χ0v) is 5.12. The third-order valence-electron chi connectivity index (χ3n) is 1.06. The van der Waals surface area contributed by atoms with Gasteiger partial charge in [-0.15, -0.1) is 0 Å². The Morgan fingerprint density at radius 2 is 2.20 bits per heavy atom. The maximum Gasteiger partial charge on any atom is 0.294 e. The van der Waals surface area contributed by atoms with Crippen molar-refractivity contribution in [2.45, 2.75) is 0 Å². The highest BCUT2D eigenvalue weighted by Crippen LogP contribution is 2.09. The van der Waals surface area contributed by atoms with Crippen molar-refractivity contribution in [3.63, 3.8) is 0 Å². The van der Waals surface area contributed by atoms with Crippen LogP contribution in [-0.4, -0.2) is 4.87 Å². The zero-order valence-electron chi connectivity index (χ0n) is 5.12. The van der Waals surface area contributed by atoms with Gasteiger partial charge in [-0.1, -0.05) is 6.07 Å². The second-order valence-corrected chi connectivity index (χ2v) is 1.81. The molecular weight excluding hydrogens is 135 g/mol. The van der Waals surface area contributed by atoms with Crippen LogP contribution < -0.4 is 5.84 Å². The second-order valence-electron chi connectivity index (χ2n) is 1.81. The van der Waals surface area contributed by atoms with Gasteiger partial charge in [0, 0.05) is 6.07 Å². The maximum atomic E-state index is 12.3. The van der Waals surface area contributed by atoms with Gasteiger partial charge in [-0.05, 0) is 6.07 Å². The minimum atomic E-state index is -0.469. The number of hydrazine groups is 1. The minimum absolute atomic E-state index is 0.111. The number of nitrogens with two attached hydrogens (primary N) is 1. The van der Waals surface area contributed by atoms with Crippen LogP contribution >= 0.6 is 0 Å². The molecule has 0 fully saturated rings. The van der Waals surface area contributed by atoms with E-state index in [0.717, 1.165) is 6.07 Å². The number of halogens is 1. The minimum Gasteiger partial charge on any atom is -0.207 e. The summed E-state index contributed by atoms with van der Waals surface area (Å²) in [7, 11) is 0. The van der Waals surface area contributed by atoms with Crippen molar-refractivity contribution in [2.24, 2.45) is 5.84 Å². The summed E-state index contributed by atoms with van der Waals surface area (Å²) in [5, 5.41) is 0. The Bertz CT molecular complexity index is 262. The first-order chi connectivity index (χ1) is 4.70. The van der Waals surface area contributed by atoms with E-state index < -0.39 is 5.82 Å². The van der Waals surface area contributed by atoms with E-state index in [4.69, 9.17) is 5.84 Å². The van der Waals surface area contributed by atoms with Crippen LogP contribution in [-0.2, 0) is 0 Å². The Morgan fingerprint density at radius 1 is 1.50 bits per heavy atom. The van der Waals surface area contributed by atoms with Crippen molar-refractivity contribution in [1.29, 1.82) is 0 Å². The van der Waals surface area contributed by atoms with Crippen molar-refractivity contribution in [1.82, 2.24) is 0 Å². The smallest absolute Gasteiger partial charge is 0.207 e. The summed E-state index contributed by atoms with van der Waals surface area (Å²) in [6.45, 7) is 0. The van der Waals surface area contributed by atoms with Crippen LogP contribution in [0.25, 0.3) is 0 Å². The van der Waals surface area contributed by atoms with Crippen molar-refractivity contribution >= 4 is 5.69 Å². The molecule has 0 atom stereocenters. The lowest BCUT2D eigenvalue weighted by atomic mass is 10.3. The first-order valence-corrected chi connectivity index (χ1v) is 2.67. The fourth-order valence-corrected chi connectivity index (χ4v) is 0.613. The van der Waals surface area contributed by atoms with Gasteiger partial charge in [0.15, 0.2) is 4.87 Å². The molecule has 4 heteroatoms. The number of rotatable bonds is 1. The van der Waals surface area contributed by atoms with Gasteiger partial charge in [-0.3, -0.25) is 0 Å². The summed E-state index contributed by atoms with van der Waals surface area (Å²) < 4.78 is 12.3. The lowest BCUT2D eigenvalue weighted by Gasteiger charge is -1.84. The van der Waals surface area contributed by atoms with Gasteiger partial charge < -0.3 is 0 Å². The van der Waals surface area contributed by atoms with Crippen LogP contribution in [0.1, 0.15) is 0 Å². The fourth-order valence-electron chi connectivity index (χ4n) is 0.613. The third-order valence-corrected chi connectivity index (χ3v) is 1.06. The summed E-state index contributed by atoms with van der Waals surface area (Å²) in [5.74, 6) is 4.32. The molecule has 0 radical (unpaired) electrons. The first-order valence-electron chi connectivity index (χ1n) is 2.67. The van der Waals surface area contributed by atoms with E-state index in [9.17, 15) is 9.30 Å². The van der Waals surface area contributed by atoms with Gasteiger partial charge in [0.2, 0.25) is 0 Å². The normalized spacial score (nSPS) is 9.30. The Balaban J connectivity index is 3.07. The van der Waals surface area contributed by atoms with Gasteiger partial charge in [0.05, 0.1) is 11.0 Å². The lowest BCUT2D eigenvalue weighted by molar-refractivity contribution is -0.474. The molecule has 1 rings (SSSR count). The summed E-state index contributed by atoms with van der Waals surface area (Å²) in [4.78, 5) is 10.4. The molecular formula is C6H6FN2O+. The Hall–Kier alpha value is -1.45. The van der Waals surface area contributed by atoms with Crippen molar-refractivity contribution in [3.8, 4) is 0 Å². The Morgan fingerprint density at radius 3 is 2.60 bits per heavy atom. The highest BCUT2D eigenvalue weighted by Gasteiger charge is 2.07. The van der Waals surface area contributed by atoms with Crippen molar-refractivity contribution in [2.75, 3.05) is 0 Å². The average Bonchev–Trinajstić information content (AvgIpc) is 1.88. The second kappa shape index (κ2) is 2.43. The lowest BCUT2D eigenvalue weighted by Crippen LogP contribution is -2.08. The largest absolute Gasteiger partial charge is 0.294 e. The van der Waals surface area contributed by atoms with E-state index in [1.54, 1.807) is 0 Å². The highest BCUT2D eigenvalue weighted by atomic mass is 19.1. The predicted octanol–water partition coefficient (Wildman–Crippen LogP) is 1.11. The predicted molar refractivity (Wildman–Crippen MR) is 33.9 cm³/mol. The zero-order chi connectivity index (χ0) is 7.56. The standard InChI is InChI=1S/C6H6FN2O/c7-5-2-1-3-6(4-5)9(8)10/h1-4H,(H2,8,10)/q+1. The van der Waals surface area contributed by atoms with Crippen LogP contribution in [0.5, 0.6) is 0 Å². The van der Waals surface area contributed by atoms with Gasteiger partial charge >= 0.3 is 0 Å². The molecule has 0 aliphatic carbocycles. The number of hydrogen-bond acceptors (Lipinski definition) is 1. The van der Waals surface area contributed by atoms with Gasteiger partial charge in [-0.2, -0.15) is 5.84 Å². The Labute approximate surface area is 56.8 Å². The van der Waals surface area contributed by atoms with E-state index in [1.807, 2.05) is 0 Å². The highest BCUT2D eigenvalue weighted by molar-refractivity contribution is 5.28. The van der Waals surface area contributed by atoms with Crippen LogP contribution in [0, 0.1) is 10.7 Å². The number of benzene rings is 1. The molecule has 0 amide bonds. The molecule has 0 aromatic heterocycles. The van der Waals surface area contributed by atoms with Gasteiger partial charge in [-0.25, -0.2) is 4.39 Å². The molecule has 0 aliphatic heterocycles. The molecule has 0 spiro atoms. The van der Waals surface area contributed by atoms with E-state index in [-0.39, 0.29) is 10.6 Å². The molecule has 0 saturated carbocycles. The molecule has 52 valence electrons.